The normalized spacial score (nSPS) is 25.4. The van der Waals surface area contributed by atoms with Crippen molar-refractivity contribution >= 4 is 34.0 Å². The molecule has 0 spiro atoms. The van der Waals surface area contributed by atoms with Crippen LogP contribution in [0.2, 0.25) is 5.15 Å². The van der Waals surface area contributed by atoms with Crippen molar-refractivity contribution in [1.29, 1.82) is 0 Å². The van der Waals surface area contributed by atoms with Gasteiger partial charge in [0, 0.05) is 5.38 Å². The summed E-state index contributed by atoms with van der Waals surface area (Å²) in [4.78, 5) is 14.8. The van der Waals surface area contributed by atoms with Crippen LogP contribution < -0.4 is 5.32 Å². The average Bonchev–Trinajstić information content (AvgIpc) is 2.75. The predicted molar refractivity (Wildman–Crippen MR) is 56.5 cm³/mol. The Morgan fingerprint density at radius 2 is 2.53 bits per heavy atom. The molecule has 2 N–H and O–H groups in total. The van der Waals surface area contributed by atoms with Gasteiger partial charge in [0.1, 0.15) is 11.1 Å². The first-order valence-corrected chi connectivity index (χ1v) is 5.60. The first-order valence-electron chi connectivity index (χ1n) is 4.35. The van der Waals surface area contributed by atoms with Gasteiger partial charge >= 0.3 is 5.97 Å². The highest BCUT2D eigenvalue weighted by molar-refractivity contribution is 7.14. The largest absolute Gasteiger partial charge is 0.481 e. The lowest BCUT2D eigenvalue weighted by atomic mass is 10.1. The number of hydrogen-bond acceptors (Lipinski definition) is 5. The Morgan fingerprint density at radius 1 is 1.73 bits per heavy atom. The molecule has 15 heavy (non-hydrogen) atoms. The maximum atomic E-state index is 10.8. The van der Waals surface area contributed by atoms with Crippen LogP contribution in [0.3, 0.4) is 0 Å². The van der Waals surface area contributed by atoms with E-state index in [0.29, 0.717) is 16.9 Å². The number of nitrogens with zero attached hydrogens (tertiary/aromatic N) is 1. The van der Waals surface area contributed by atoms with Crippen LogP contribution in [0.1, 0.15) is 0 Å². The number of thiazole rings is 1. The minimum absolute atomic E-state index is 0.232. The topological polar surface area (TPSA) is 71.5 Å². The van der Waals surface area contributed by atoms with E-state index >= 15 is 0 Å². The Hall–Kier alpha value is -0.850. The van der Waals surface area contributed by atoms with Crippen LogP contribution >= 0.6 is 22.9 Å². The first kappa shape index (κ1) is 10.7. The molecule has 5 nitrogen and oxygen atoms in total. The molecular formula is C8H9ClN2O3S. The highest BCUT2D eigenvalue weighted by atomic mass is 35.5. The second-order valence-corrected chi connectivity index (χ2v) is 4.45. The standard InChI is InChI=1S/C8H9ClN2O3S/c9-6-3-15-8(11-6)10-5-2-14-1-4(5)7(12)13/h3-5H,1-2H2,(H,10,11)(H,12,13). The second kappa shape index (κ2) is 4.34. The Labute approximate surface area is 95.0 Å². The minimum atomic E-state index is -0.854. The van der Waals surface area contributed by atoms with Crippen LogP contribution in [0.4, 0.5) is 5.13 Å². The van der Waals surface area contributed by atoms with Crippen molar-refractivity contribution in [2.45, 2.75) is 6.04 Å². The summed E-state index contributed by atoms with van der Waals surface area (Å²) in [5.41, 5.74) is 0. The average molecular weight is 249 g/mol. The lowest BCUT2D eigenvalue weighted by Gasteiger charge is -2.14. The molecule has 2 unspecified atom stereocenters. The molecule has 0 amide bonds. The molecule has 2 rings (SSSR count). The summed E-state index contributed by atoms with van der Waals surface area (Å²) >= 11 is 7.00. The van der Waals surface area contributed by atoms with Gasteiger partial charge in [0.25, 0.3) is 0 Å². The number of carboxylic acid groups (broad SMARTS) is 1. The van der Waals surface area contributed by atoms with Gasteiger partial charge in [0.15, 0.2) is 5.13 Å². The summed E-state index contributed by atoms with van der Waals surface area (Å²) in [5, 5.41) is 14.6. The summed E-state index contributed by atoms with van der Waals surface area (Å²) in [6, 6.07) is -0.232. The maximum absolute atomic E-state index is 10.8. The number of ether oxygens (including phenoxy) is 1. The van der Waals surface area contributed by atoms with E-state index in [0.717, 1.165) is 0 Å². The van der Waals surface area contributed by atoms with Crippen LogP contribution in [0.5, 0.6) is 0 Å². The van der Waals surface area contributed by atoms with Crippen molar-refractivity contribution in [2.75, 3.05) is 18.5 Å². The van der Waals surface area contributed by atoms with Crippen LogP contribution in [-0.4, -0.2) is 35.3 Å². The number of carbonyl (C=O) groups is 1. The maximum Gasteiger partial charge on any atom is 0.311 e. The van der Waals surface area contributed by atoms with E-state index in [9.17, 15) is 4.79 Å². The summed E-state index contributed by atoms with van der Waals surface area (Å²) in [6.45, 7) is 0.625. The van der Waals surface area contributed by atoms with Crippen molar-refractivity contribution < 1.29 is 14.6 Å². The van der Waals surface area contributed by atoms with Crippen LogP contribution in [0, 0.1) is 5.92 Å². The predicted octanol–water partition coefficient (Wildman–Crippen LogP) is 1.31. The van der Waals surface area contributed by atoms with E-state index < -0.39 is 11.9 Å². The van der Waals surface area contributed by atoms with Gasteiger partial charge in [-0.3, -0.25) is 4.79 Å². The van der Waals surface area contributed by atoms with E-state index in [4.69, 9.17) is 21.4 Å². The third-order valence-electron chi connectivity index (χ3n) is 2.18. The Balaban J connectivity index is 2.02. The molecule has 82 valence electrons. The molecule has 2 atom stereocenters. The fourth-order valence-corrected chi connectivity index (χ4v) is 2.32. The molecule has 0 bridgehead atoms. The number of rotatable bonds is 3. The molecule has 7 heteroatoms. The quantitative estimate of drug-likeness (QED) is 0.844. The summed E-state index contributed by atoms with van der Waals surface area (Å²) in [6.07, 6.45) is 0. The van der Waals surface area contributed by atoms with E-state index in [-0.39, 0.29) is 12.6 Å². The fraction of sp³-hybridized carbons (Fsp3) is 0.500. The van der Waals surface area contributed by atoms with E-state index in [2.05, 4.69) is 10.3 Å². The molecule has 1 aliphatic heterocycles. The Kier molecular flexibility index (Phi) is 3.08. The van der Waals surface area contributed by atoms with E-state index in [1.165, 1.54) is 11.3 Å². The molecule has 2 heterocycles. The highest BCUT2D eigenvalue weighted by Gasteiger charge is 2.34. The number of aliphatic carboxylic acids is 1. The molecule has 1 aliphatic rings. The third-order valence-corrected chi connectivity index (χ3v) is 3.28. The molecule has 1 saturated heterocycles. The molecule has 1 aromatic heterocycles. The van der Waals surface area contributed by atoms with Crippen LogP contribution in [-0.2, 0) is 9.53 Å². The van der Waals surface area contributed by atoms with Gasteiger partial charge in [-0.1, -0.05) is 11.6 Å². The molecular weight excluding hydrogens is 240 g/mol. The minimum Gasteiger partial charge on any atom is -0.481 e. The van der Waals surface area contributed by atoms with E-state index in [1.54, 1.807) is 5.38 Å². The Morgan fingerprint density at radius 3 is 3.13 bits per heavy atom. The summed E-state index contributed by atoms with van der Waals surface area (Å²) in [7, 11) is 0. The number of anilines is 1. The van der Waals surface area contributed by atoms with Gasteiger partial charge in [0.05, 0.1) is 19.3 Å². The SMILES string of the molecule is O=C(O)C1COCC1Nc1nc(Cl)cs1. The smallest absolute Gasteiger partial charge is 0.311 e. The summed E-state index contributed by atoms with van der Waals surface area (Å²) in [5.74, 6) is -1.37. The number of aromatic nitrogens is 1. The number of carboxylic acids is 1. The summed E-state index contributed by atoms with van der Waals surface area (Å²) < 4.78 is 5.11. The molecule has 0 aliphatic carbocycles. The van der Waals surface area contributed by atoms with Gasteiger partial charge in [-0.25, -0.2) is 4.98 Å². The second-order valence-electron chi connectivity index (χ2n) is 3.21. The Bertz CT molecular complexity index is 371. The van der Waals surface area contributed by atoms with E-state index in [1.807, 2.05) is 0 Å². The molecule has 0 radical (unpaired) electrons. The third kappa shape index (κ3) is 2.39. The molecule has 1 fully saturated rings. The zero-order chi connectivity index (χ0) is 10.8. The fourth-order valence-electron chi connectivity index (χ4n) is 1.42. The molecule has 0 saturated carbocycles. The van der Waals surface area contributed by atoms with Crippen molar-refractivity contribution in [3.8, 4) is 0 Å². The van der Waals surface area contributed by atoms with Crippen molar-refractivity contribution in [3.63, 3.8) is 0 Å². The molecule has 0 aromatic carbocycles. The number of nitrogens with one attached hydrogen (secondary N) is 1. The van der Waals surface area contributed by atoms with Gasteiger partial charge in [-0.05, 0) is 0 Å². The van der Waals surface area contributed by atoms with Gasteiger partial charge in [-0.2, -0.15) is 0 Å². The van der Waals surface area contributed by atoms with Gasteiger partial charge in [-0.15, -0.1) is 11.3 Å². The lowest BCUT2D eigenvalue weighted by Crippen LogP contribution is -2.33. The van der Waals surface area contributed by atoms with Crippen LogP contribution in [0.25, 0.3) is 0 Å². The zero-order valence-electron chi connectivity index (χ0n) is 7.64. The number of hydrogen-bond donors (Lipinski definition) is 2. The van der Waals surface area contributed by atoms with Crippen molar-refractivity contribution in [2.24, 2.45) is 5.92 Å². The lowest BCUT2D eigenvalue weighted by molar-refractivity contribution is -0.141. The van der Waals surface area contributed by atoms with Crippen LogP contribution in [0.15, 0.2) is 5.38 Å². The monoisotopic (exact) mass is 248 g/mol. The molecule has 1 aromatic rings. The van der Waals surface area contributed by atoms with Crippen molar-refractivity contribution in [1.82, 2.24) is 4.98 Å². The van der Waals surface area contributed by atoms with Crippen molar-refractivity contribution in [3.05, 3.63) is 10.5 Å². The first-order chi connectivity index (χ1) is 7.16. The van der Waals surface area contributed by atoms with Gasteiger partial charge in [0.2, 0.25) is 0 Å². The highest BCUT2D eigenvalue weighted by Crippen LogP contribution is 2.23. The van der Waals surface area contributed by atoms with Gasteiger partial charge < -0.3 is 15.2 Å². The number of halogens is 1. The zero-order valence-corrected chi connectivity index (χ0v) is 9.22.